The van der Waals surface area contributed by atoms with Gasteiger partial charge in [-0.05, 0) is 35.3 Å². The largest absolute Gasteiger partial charge is 0.507 e. The molecule has 0 fully saturated rings. The molecule has 32 heavy (non-hydrogen) atoms. The summed E-state index contributed by atoms with van der Waals surface area (Å²) in [5, 5.41) is 14.6. The van der Waals surface area contributed by atoms with Crippen molar-refractivity contribution in [3.8, 4) is 0 Å². The molecule has 2 aromatic rings. The summed E-state index contributed by atoms with van der Waals surface area (Å²) in [5.41, 5.74) is 5.80. The van der Waals surface area contributed by atoms with Crippen molar-refractivity contribution in [3.05, 3.63) is 82.1 Å². The minimum atomic E-state index is -0.404. The molecule has 1 heterocycles. The Labute approximate surface area is 191 Å². The number of likely N-dealkylation sites (N-methyl/N-ethyl adjacent to an activating group) is 1. The number of nitrogens with one attached hydrogen (secondary N) is 1. The summed E-state index contributed by atoms with van der Waals surface area (Å²) in [7, 11) is 3.93. The van der Waals surface area contributed by atoms with Gasteiger partial charge in [-0.2, -0.15) is 0 Å². The summed E-state index contributed by atoms with van der Waals surface area (Å²) in [4.78, 5) is 15.8. The van der Waals surface area contributed by atoms with Gasteiger partial charge in [0, 0.05) is 36.3 Å². The van der Waals surface area contributed by atoms with Crippen LogP contribution in [0.15, 0.2) is 71.0 Å². The van der Waals surface area contributed by atoms with E-state index in [0.717, 1.165) is 22.5 Å². The Morgan fingerprint density at radius 1 is 1.12 bits per heavy atom. The molecule has 0 radical (unpaired) electrons. The zero-order chi connectivity index (χ0) is 23.4. The second-order valence-corrected chi connectivity index (χ2v) is 9.97. The minimum absolute atomic E-state index is 0.0212. The molecule has 2 N–H and O–H groups in total. The average Bonchev–Trinajstić information content (AvgIpc) is 2.98. The van der Waals surface area contributed by atoms with Gasteiger partial charge in [-0.3, -0.25) is 4.79 Å². The Balaban J connectivity index is 1.84. The summed E-state index contributed by atoms with van der Waals surface area (Å²) in [6.45, 7) is 10.6. The molecule has 0 amide bonds. The van der Waals surface area contributed by atoms with E-state index in [2.05, 4.69) is 63.0 Å². The zero-order valence-corrected chi connectivity index (χ0v) is 20.2. The van der Waals surface area contributed by atoms with Crippen LogP contribution in [-0.2, 0) is 15.6 Å². The molecule has 0 bridgehead atoms. The number of hydrogen-bond donors (Lipinski definition) is 2. The molecule has 2 aliphatic rings. The fourth-order valence-corrected chi connectivity index (χ4v) is 5.95. The highest BCUT2D eigenvalue weighted by Crippen LogP contribution is 2.52. The molecule has 4 heteroatoms. The molecule has 0 spiro atoms. The molecule has 1 unspecified atom stereocenters. The predicted molar refractivity (Wildman–Crippen MR) is 133 cm³/mol. The number of carbonyl (C=O) groups is 1. The normalized spacial score (nSPS) is 21.4. The molecule has 168 valence electrons. The Kier molecular flexibility index (Phi) is 5.23. The van der Waals surface area contributed by atoms with Crippen LogP contribution < -0.4 is 10.2 Å². The monoisotopic (exact) mass is 430 g/mol. The standard InChI is InChI=1S/C28H34N2O2/c1-8-17(27(2,3)18-13-9-11-15-20(18)29-6)22-24(31)23(25(22)32)26-28(4,5)19-14-10-12-16-21(19)30(26)7/h9-16,26,29,31H,8H2,1-7H3/b22-17+. The van der Waals surface area contributed by atoms with E-state index in [1.807, 2.05) is 44.4 Å². The quantitative estimate of drug-likeness (QED) is 0.580. The molecule has 1 atom stereocenters. The van der Waals surface area contributed by atoms with Crippen LogP contribution in [0.1, 0.15) is 52.2 Å². The van der Waals surface area contributed by atoms with E-state index >= 15 is 0 Å². The van der Waals surface area contributed by atoms with Crippen molar-refractivity contribution in [3.63, 3.8) is 0 Å². The highest BCUT2D eigenvalue weighted by molar-refractivity contribution is 6.21. The summed E-state index contributed by atoms with van der Waals surface area (Å²) in [6.07, 6.45) is 0.688. The van der Waals surface area contributed by atoms with E-state index in [1.165, 1.54) is 5.56 Å². The van der Waals surface area contributed by atoms with Crippen LogP contribution in [0.5, 0.6) is 0 Å². The molecule has 2 aromatic carbocycles. The second kappa shape index (κ2) is 7.54. The molecule has 4 rings (SSSR count). The lowest BCUT2D eigenvalue weighted by atomic mass is 9.66. The molecule has 0 aromatic heterocycles. The number of hydrogen-bond acceptors (Lipinski definition) is 4. The van der Waals surface area contributed by atoms with Crippen molar-refractivity contribution in [2.24, 2.45) is 0 Å². The molecular formula is C28H34N2O2. The summed E-state index contributed by atoms with van der Waals surface area (Å²) in [5.74, 6) is 0.145. The summed E-state index contributed by atoms with van der Waals surface area (Å²) >= 11 is 0. The Morgan fingerprint density at radius 2 is 1.75 bits per heavy atom. The van der Waals surface area contributed by atoms with Crippen molar-refractivity contribution >= 4 is 17.2 Å². The number of para-hydroxylation sites is 2. The van der Waals surface area contributed by atoms with Gasteiger partial charge in [0.05, 0.1) is 17.2 Å². The smallest absolute Gasteiger partial charge is 0.198 e. The number of Topliss-reactive ketones (excluding diaryl/α,β-unsaturated/α-hetero) is 1. The maximum Gasteiger partial charge on any atom is 0.198 e. The fourth-order valence-electron chi connectivity index (χ4n) is 5.95. The van der Waals surface area contributed by atoms with Crippen molar-refractivity contribution in [1.82, 2.24) is 0 Å². The van der Waals surface area contributed by atoms with Gasteiger partial charge in [0.25, 0.3) is 0 Å². The number of nitrogens with zero attached hydrogens (tertiary/aromatic N) is 1. The number of anilines is 2. The minimum Gasteiger partial charge on any atom is -0.507 e. The number of aliphatic hydroxyl groups is 1. The molecule has 1 aliphatic heterocycles. The topological polar surface area (TPSA) is 52.6 Å². The first kappa shape index (κ1) is 22.2. The van der Waals surface area contributed by atoms with E-state index in [-0.39, 0.29) is 23.0 Å². The molecule has 0 saturated carbocycles. The van der Waals surface area contributed by atoms with Gasteiger partial charge < -0.3 is 15.3 Å². The summed E-state index contributed by atoms with van der Waals surface area (Å²) < 4.78 is 0. The van der Waals surface area contributed by atoms with Crippen LogP contribution >= 0.6 is 0 Å². The predicted octanol–water partition coefficient (Wildman–Crippen LogP) is 5.90. The molecular weight excluding hydrogens is 396 g/mol. The van der Waals surface area contributed by atoms with Gasteiger partial charge in [-0.25, -0.2) is 0 Å². The van der Waals surface area contributed by atoms with Gasteiger partial charge in [0.1, 0.15) is 5.76 Å². The van der Waals surface area contributed by atoms with Crippen molar-refractivity contribution in [2.45, 2.75) is 57.9 Å². The lowest BCUT2D eigenvalue weighted by Gasteiger charge is -2.40. The van der Waals surface area contributed by atoms with Crippen LogP contribution in [0, 0.1) is 0 Å². The molecule has 4 nitrogen and oxygen atoms in total. The van der Waals surface area contributed by atoms with E-state index in [1.54, 1.807) is 0 Å². The Morgan fingerprint density at radius 3 is 2.34 bits per heavy atom. The van der Waals surface area contributed by atoms with E-state index in [9.17, 15) is 9.90 Å². The number of allylic oxidation sites excluding steroid dienone is 2. The lowest BCUT2D eigenvalue weighted by Crippen LogP contribution is -2.48. The third-order valence-electron chi connectivity index (χ3n) is 7.57. The van der Waals surface area contributed by atoms with E-state index in [4.69, 9.17) is 0 Å². The van der Waals surface area contributed by atoms with Gasteiger partial charge in [-0.1, -0.05) is 71.0 Å². The average molecular weight is 431 g/mol. The van der Waals surface area contributed by atoms with Crippen LogP contribution in [0.4, 0.5) is 11.4 Å². The Hall–Kier alpha value is -3.01. The van der Waals surface area contributed by atoms with Crippen molar-refractivity contribution in [1.29, 1.82) is 0 Å². The first-order chi connectivity index (χ1) is 15.1. The third kappa shape index (κ3) is 2.92. The number of aliphatic hydroxyl groups excluding tert-OH is 1. The maximum absolute atomic E-state index is 13.7. The number of carbonyl (C=O) groups excluding carboxylic acids is 1. The summed E-state index contributed by atoms with van der Waals surface area (Å²) in [6, 6.07) is 16.2. The fraction of sp³-hybridized carbons (Fsp3) is 0.393. The number of ketones is 1. The van der Waals surface area contributed by atoms with Gasteiger partial charge in [0.2, 0.25) is 0 Å². The first-order valence-electron chi connectivity index (χ1n) is 11.4. The SMILES string of the molecule is CC/C(=C1\C(=O)C(C2N(C)c3ccccc3C2(C)C)=C1O)C(C)(C)c1ccccc1NC. The second-order valence-electron chi connectivity index (χ2n) is 9.97. The van der Waals surface area contributed by atoms with Crippen molar-refractivity contribution in [2.75, 3.05) is 24.3 Å². The highest BCUT2D eigenvalue weighted by Gasteiger charge is 2.53. The van der Waals surface area contributed by atoms with Crippen LogP contribution in [0.2, 0.25) is 0 Å². The first-order valence-corrected chi connectivity index (χ1v) is 11.4. The number of fused-ring (bicyclic) bond motifs is 1. The van der Waals surface area contributed by atoms with Crippen LogP contribution in [-0.4, -0.2) is 31.0 Å². The molecule has 1 aliphatic carbocycles. The zero-order valence-electron chi connectivity index (χ0n) is 20.2. The van der Waals surface area contributed by atoms with Crippen LogP contribution in [0.3, 0.4) is 0 Å². The van der Waals surface area contributed by atoms with Gasteiger partial charge >= 0.3 is 0 Å². The number of benzene rings is 2. The van der Waals surface area contributed by atoms with Gasteiger partial charge in [0.15, 0.2) is 5.78 Å². The Bertz CT molecular complexity index is 1150. The highest BCUT2D eigenvalue weighted by atomic mass is 16.3. The number of rotatable bonds is 5. The van der Waals surface area contributed by atoms with E-state index in [0.29, 0.717) is 17.6 Å². The molecule has 0 saturated heterocycles. The lowest BCUT2D eigenvalue weighted by molar-refractivity contribution is -0.114. The van der Waals surface area contributed by atoms with Gasteiger partial charge in [-0.15, -0.1) is 0 Å². The third-order valence-corrected chi connectivity index (χ3v) is 7.57. The van der Waals surface area contributed by atoms with Crippen LogP contribution in [0.25, 0.3) is 0 Å². The maximum atomic E-state index is 13.7. The van der Waals surface area contributed by atoms with E-state index < -0.39 is 5.41 Å². The van der Waals surface area contributed by atoms with Crippen molar-refractivity contribution < 1.29 is 9.90 Å².